The first-order valence-electron chi connectivity index (χ1n) is 7.02. The molecule has 0 amide bonds. The highest BCUT2D eigenvalue weighted by Crippen LogP contribution is 2.35. The van der Waals surface area contributed by atoms with Crippen molar-refractivity contribution in [3.05, 3.63) is 58.6 Å². The topological polar surface area (TPSA) is 38.7 Å². The van der Waals surface area contributed by atoms with E-state index in [1.54, 1.807) is 6.07 Å². The quantitative estimate of drug-likeness (QED) is 0.934. The van der Waals surface area contributed by atoms with Crippen LogP contribution in [0.25, 0.3) is 0 Å². The van der Waals surface area contributed by atoms with E-state index in [9.17, 15) is 5.11 Å². The van der Waals surface area contributed by atoms with E-state index in [2.05, 4.69) is 6.07 Å². The fourth-order valence-electron chi connectivity index (χ4n) is 2.61. The first-order valence-corrected chi connectivity index (χ1v) is 7.40. The smallest absolute Gasteiger partial charge is 0.143 e. The van der Waals surface area contributed by atoms with Gasteiger partial charge in [0.15, 0.2) is 0 Å². The molecule has 1 unspecified atom stereocenters. The van der Waals surface area contributed by atoms with Crippen molar-refractivity contribution < 1.29 is 14.6 Å². The largest absolute Gasteiger partial charge is 0.493 e. The molecular weight excluding hydrogens is 288 g/mol. The lowest BCUT2D eigenvalue weighted by molar-refractivity contribution is 0.212. The van der Waals surface area contributed by atoms with E-state index >= 15 is 0 Å². The number of rotatable bonds is 4. The molecule has 1 heterocycles. The summed E-state index contributed by atoms with van der Waals surface area (Å²) in [4.78, 5) is 0. The summed E-state index contributed by atoms with van der Waals surface area (Å²) in [6.45, 7) is 1.14. The number of fused-ring (bicyclic) bond motifs is 1. The van der Waals surface area contributed by atoms with Crippen LogP contribution in [0.5, 0.6) is 11.5 Å². The summed E-state index contributed by atoms with van der Waals surface area (Å²) in [5.74, 6) is 1.78. The van der Waals surface area contributed by atoms with Crippen molar-refractivity contribution in [2.75, 3.05) is 13.2 Å². The van der Waals surface area contributed by atoms with Crippen molar-refractivity contribution in [1.82, 2.24) is 0 Å². The number of halogens is 1. The zero-order chi connectivity index (χ0) is 14.7. The summed E-state index contributed by atoms with van der Waals surface area (Å²) in [7, 11) is 0. The Morgan fingerprint density at radius 1 is 1.19 bits per heavy atom. The van der Waals surface area contributed by atoms with Crippen molar-refractivity contribution in [1.29, 1.82) is 0 Å². The zero-order valence-corrected chi connectivity index (χ0v) is 12.3. The van der Waals surface area contributed by atoms with Gasteiger partial charge in [0.2, 0.25) is 0 Å². The Morgan fingerprint density at radius 2 is 2.05 bits per heavy atom. The van der Waals surface area contributed by atoms with E-state index in [1.807, 2.05) is 30.3 Å². The van der Waals surface area contributed by atoms with Gasteiger partial charge in [-0.25, -0.2) is 0 Å². The van der Waals surface area contributed by atoms with Crippen molar-refractivity contribution in [3.8, 4) is 11.5 Å². The number of aliphatic hydroxyl groups is 1. The monoisotopic (exact) mass is 304 g/mol. The van der Waals surface area contributed by atoms with Gasteiger partial charge in [0, 0.05) is 17.0 Å². The third kappa shape index (κ3) is 2.99. The SMILES string of the molecule is OCc1cccc(Cl)c1OCC1CCOc2ccccc21. The van der Waals surface area contributed by atoms with Crippen LogP contribution in [-0.4, -0.2) is 18.3 Å². The zero-order valence-electron chi connectivity index (χ0n) is 11.6. The summed E-state index contributed by atoms with van der Waals surface area (Å²) in [6.07, 6.45) is 0.913. The normalized spacial score (nSPS) is 17.0. The van der Waals surface area contributed by atoms with E-state index in [0.717, 1.165) is 12.2 Å². The number of hydrogen-bond acceptors (Lipinski definition) is 3. The number of para-hydroxylation sites is 2. The third-order valence-corrected chi connectivity index (χ3v) is 4.03. The fraction of sp³-hybridized carbons (Fsp3) is 0.294. The molecule has 0 aromatic heterocycles. The van der Waals surface area contributed by atoms with Gasteiger partial charge in [-0.3, -0.25) is 0 Å². The van der Waals surface area contributed by atoms with Gasteiger partial charge in [-0.1, -0.05) is 41.9 Å². The van der Waals surface area contributed by atoms with E-state index in [4.69, 9.17) is 21.1 Å². The second kappa shape index (κ2) is 6.37. The molecule has 2 aromatic carbocycles. The lowest BCUT2D eigenvalue weighted by atomic mass is 9.94. The van der Waals surface area contributed by atoms with Crippen LogP contribution in [-0.2, 0) is 6.61 Å². The van der Waals surface area contributed by atoms with Crippen LogP contribution >= 0.6 is 11.6 Å². The molecule has 3 rings (SSSR count). The maximum absolute atomic E-state index is 9.38. The molecule has 0 saturated carbocycles. The van der Waals surface area contributed by atoms with Gasteiger partial charge in [-0.15, -0.1) is 0 Å². The Kier molecular flexibility index (Phi) is 4.32. The minimum absolute atomic E-state index is 0.0831. The number of aliphatic hydroxyl groups excluding tert-OH is 1. The van der Waals surface area contributed by atoms with Gasteiger partial charge >= 0.3 is 0 Å². The van der Waals surface area contributed by atoms with Crippen molar-refractivity contribution in [3.63, 3.8) is 0 Å². The van der Waals surface area contributed by atoms with Gasteiger partial charge < -0.3 is 14.6 Å². The third-order valence-electron chi connectivity index (χ3n) is 3.73. The molecule has 0 spiro atoms. The molecule has 0 saturated heterocycles. The van der Waals surface area contributed by atoms with Crippen LogP contribution in [0.1, 0.15) is 23.5 Å². The molecular formula is C17H17ClO3. The Morgan fingerprint density at radius 3 is 2.90 bits per heavy atom. The predicted octanol–water partition coefficient (Wildman–Crippen LogP) is 3.78. The molecule has 1 aliphatic heterocycles. The Hall–Kier alpha value is -1.71. The average molecular weight is 305 g/mol. The van der Waals surface area contributed by atoms with Crippen LogP contribution in [0.3, 0.4) is 0 Å². The van der Waals surface area contributed by atoms with Crippen LogP contribution in [0.4, 0.5) is 0 Å². The second-order valence-corrected chi connectivity index (χ2v) is 5.48. The highest BCUT2D eigenvalue weighted by atomic mass is 35.5. The first kappa shape index (κ1) is 14.2. The molecule has 21 heavy (non-hydrogen) atoms. The molecule has 1 N–H and O–H groups in total. The molecule has 0 fully saturated rings. The molecule has 0 aliphatic carbocycles. The minimum atomic E-state index is -0.0831. The molecule has 0 bridgehead atoms. The van der Waals surface area contributed by atoms with Crippen molar-refractivity contribution in [2.45, 2.75) is 18.9 Å². The van der Waals surface area contributed by atoms with Crippen molar-refractivity contribution in [2.24, 2.45) is 0 Å². The summed E-state index contributed by atoms with van der Waals surface area (Å²) in [5, 5.41) is 9.91. The maximum Gasteiger partial charge on any atom is 0.143 e. The lowest BCUT2D eigenvalue weighted by Gasteiger charge is -2.26. The molecule has 4 heteroatoms. The second-order valence-electron chi connectivity index (χ2n) is 5.07. The molecule has 0 radical (unpaired) electrons. The molecule has 1 atom stereocenters. The highest BCUT2D eigenvalue weighted by Gasteiger charge is 2.22. The van der Waals surface area contributed by atoms with Gasteiger partial charge in [0.25, 0.3) is 0 Å². The summed E-state index contributed by atoms with van der Waals surface area (Å²) < 4.78 is 11.6. The molecule has 2 aromatic rings. The molecule has 3 nitrogen and oxygen atoms in total. The van der Waals surface area contributed by atoms with Gasteiger partial charge in [-0.2, -0.15) is 0 Å². The van der Waals surface area contributed by atoms with Crippen LogP contribution in [0.15, 0.2) is 42.5 Å². The fourth-order valence-corrected chi connectivity index (χ4v) is 2.86. The highest BCUT2D eigenvalue weighted by molar-refractivity contribution is 6.32. The number of benzene rings is 2. The summed E-state index contributed by atoms with van der Waals surface area (Å²) in [6, 6.07) is 13.4. The van der Waals surface area contributed by atoms with E-state index in [1.165, 1.54) is 5.56 Å². The Bertz CT molecular complexity index is 627. The van der Waals surface area contributed by atoms with E-state index in [0.29, 0.717) is 29.5 Å². The molecule has 110 valence electrons. The van der Waals surface area contributed by atoms with E-state index < -0.39 is 0 Å². The summed E-state index contributed by atoms with van der Waals surface area (Å²) in [5.41, 5.74) is 1.88. The van der Waals surface area contributed by atoms with Crippen LogP contribution < -0.4 is 9.47 Å². The Balaban J connectivity index is 1.78. The van der Waals surface area contributed by atoms with Gasteiger partial charge in [-0.05, 0) is 18.6 Å². The van der Waals surface area contributed by atoms with Crippen LogP contribution in [0, 0.1) is 0 Å². The van der Waals surface area contributed by atoms with E-state index in [-0.39, 0.29) is 12.5 Å². The Labute approximate surface area is 129 Å². The molecule has 1 aliphatic rings. The van der Waals surface area contributed by atoms with Crippen LogP contribution in [0.2, 0.25) is 5.02 Å². The number of hydrogen-bond donors (Lipinski definition) is 1. The lowest BCUT2D eigenvalue weighted by Crippen LogP contribution is -2.20. The van der Waals surface area contributed by atoms with Gasteiger partial charge in [0.1, 0.15) is 11.5 Å². The summed E-state index contributed by atoms with van der Waals surface area (Å²) >= 11 is 6.17. The number of ether oxygens (including phenoxy) is 2. The first-order chi connectivity index (χ1) is 10.3. The standard InChI is InChI=1S/C17H17ClO3/c18-15-6-3-4-12(10-19)17(15)21-11-13-8-9-20-16-7-2-1-5-14(13)16/h1-7,13,19H,8-11H2. The van der Waals surface area contributed by atoms with Crippen molar-refractivity contribution >= 4 is 11.6 Å². The maximum atomic E-state index is 9.38. The average Bonchev–Trinajstić information content (AvgIpc) is 2.53. The minimum Gasteiger partial charge on any atom is -0.493 e. The predicted molar refractivity (Wildman–Crippen MR) is 82.2 cm³/mol. The van der Waals surface area contributed by atoms with Gasteiger partial charge in [0.05, 0.1) is 24.8 Å².